The van der Waals surface area contributed by atoms with Gasteiger partial charge in [-0.2, -0.15) is 4.73 Å². The molecule has 0 unspecified atom stereocenters. The van der Waals surface area contributed by atoms with Crippen molar-refractivity contribution >= 4 is 5.91 Å². The summed E-state index contributed by atoms with van der Waals surface area (Å²) in [6.07, 6.45) is 2.61. The van der Waals surface area contributed by atoms with Crippen LogP contribution in [0.1, 0.15) is 21.6 Å². The monoisotopic (exact) mass is 196 g/mol. The SMILES string of the molecule is NC(=O)c1cn(O)c2c1CCOCC2. The molecule has 2 rings (SSSR count). The molecule has 1 aliphatic rings. The topological polar surface area (TPSA) is 77.5 Å². The summed E-state index contributed by atoms with van der Waals surface area (Å²) >= 11 is 0. The van der Waals surface area contributed by atoms with E-state index in [9.17, 15) is 10.0 Å². The Morgan fingerprint density at radius 3 is 2.93 bits per heavy atom. The number of amides is 1. The number of ether oxygens (including phenoxy) is 1. The molecule has 0 aromatic carbocycles. The number of nitrogens with two attached hydrogens (primary N) is 1. The first-order valence-electron chi connectivity index (χ1n) is 4.50. The summed E-state index contributed by atoms with van der Waals surface area (Å²) in [7, 11) is 0. The quantitative estimate of drug-likeness (QED) is 0.618. The summed E-state index contributed by atoms with van der Waals surface area (Å²) in [6, 6.07) is 0. The first kappa shape index (κ1) is 9.08. The number of hydrogen-bond acceptors (Lipinski definition) is 3. The fraction of sp³-hybridized carbons (Fsp3) is 0.444. The average molecular weight is 196 g/mol. The highest BCUT2D eigenvalue weighted by Gasteiger charge is 2.20. The van der Waals surface area contributed by atoms with Crippen molar-refractivity contribution in [3.05, 3.63) is 23.0 Å². The zero-order valence-corrected chi connectivity index (χ0v) is 7.69. The van der Waals surface area contributed by atoms with E-state index in [0.717, 1.165) is 16.0 Å². The number of aromatic nitrogens is 1. The zero-order valence-electron chi connectivity index (χ0n) is 7.69. The van der Waals surface area contributed by atoms with E-state index in [1.54, 1.807) is 0 Å². The van der Waals surface area contributed by atoms with Crippen LogP contribution in [0.15, 0.2) is 6.20 Å². The lowest BCUT2D eigenvalue weighted by Crippen LogP contribution is -2.12. The molecule has 3 N–H and O–H groups in total. The third-order valence-electron chi connectivity index (χ3n) is 2.45. The van der Waals surface area contributed by atoms with Gasteiger partial charge in [0.1, 0.15) is 0 Å². The fourth-order valence-corrected chi connectivity index (χ4v) is 1.77. The summed E-state index contributed by atoms with van der Waals surface area (Å²) in [5.41, 5.74) is 7.14. The predicted octanol–water partition coefficient (Wildman–Crippen LogP) is -0.0605. The molecule has 1 aromatic heterocycles. The maximum atomic E-state index is 11.1. The molecule has 0 fully saturated rings. The maximum absolute atomic E-state index is 11.1. The van der Waals surface area contributed by atoms with E-state index in [4.69, 9.17) is 10.5 Å². The second-order valence-electron chi connectivity index (χ2n) is 3.29. The van der Waals surface area contributed by atoms with Crippen molar-refractivity contribution in [2.75, 3.05) is 13.2 Å². The van der Waals surface area contributed by atoms with Gasteiger partial charge in [-0.05, 0) is 12.0 Å². The van der Waals surface area contributed by atoms with Gasteiger partial charge >= 0.3 is 0 Å². The Balaban J connectivity index is 2.49. The standard InChI is InChI=1S/C9H12N2O3/c10-9(12)7-5-11(13)8-2-4-14-3-1-6(7)8/h5,13H,1-4H2,(H2,10,12). The number of rotatable bonds is 1. The van der Waals surface area contributed by atoms with Crippen molar-refractivity contribution in [3.63, 3.8) is 0 Å². The van der Waals surface area contributed by atoms with Crippen molar-refractivity contribution < 1.29 is 14.7 Å². The van der Waals surface area contributed by atoms with Gasteiger partial charge in [-0.1, -0.05) is 0 Å². The van der Waals surface area contributed by atoms with E-state index in [2.05, 4.69) is 0 Å². The lowest BCUT2D eigenvalue weighted by Gasteiger charge is -1.99. The predicted molar refractivity (Wildman–Crippen MR) is 48.4 cm³/mol. The summed E-state index contributed by atoms with van der Waals surface area (Å²) in [5, 5.41) is 9.50. The molecule has 1 aliphatic heterocycles. The van der Waals surface area contributed by atoms with E-state index in [1.165, 1.54) is 6.20 Å². The van der Waals surface area contributed by atoms with Crippen LogP contribution in [0.5, 0.6) is 0 Å². The molecule has 0 bridgehead atoms. The lowest BCUT2D eigenvalue weighted by molar-refractivity contribution is 0.0995. The lowest BCUT2D eigenvalue weighted by atomic mass is 10.1. The number of nitrogens with zero attached hydrogens (tertiary/aromatic N) is 1. The first-order valence-corrected chi connectivity index (χ1v) is 4.50. The summed E-state index contributed by atoms with van der Waals surface area (Å²) in [6.45, 7) is 1.13. The van der Waals surface area contributed by atoms with E-state index < -0.39 is 5.91 Å². The van der Waals surface area contributed by atoms with Crippen LogP contribution in [-0.4, -0.2) is 29.1 Å². The fourth-order valence-electron chi connectivity index (χ4n) is 1.77. The van der Waals surface area contributed by atoms with Gasteiger partial charge in [0, 0.05) is 6.42 Å². The Kier molecular flexibility index (Phi) is 2.17. The number of carbonyl (C=O) groups is 1. The van der Waals surface area contributed by atoms with Gasteiger partial charge in [-0.3, -0.25) is 4.79 Å². The van der Waals surface area contributed by atoms with Crippen LogP contribution in [-0.2, 0) is 17.6 Å². The first-order chi connectivity index (χ1) is 6.70. The summed E-state index contributed by atoms with van der Waals surface area (Å²) in [4.78, 5) is 11.1. The van der Waals surface area contributed by atoms with Crippen molar-refractivity contribution in [3.8, 4) is 0 Å². The van der Waals surface area contributed by atoms with Gasteiger partial charge < -0.3 is 15.7 Å². The molecule has 2 heterocycles. The number of primary amides is 1. The Bertz CT molecular complexity index is 370. The van der Waals surface area contributed by atoms with Crippen molar-refractivity contribution in [1.29, 1.82) is 0 Å². The molecule has 0 saturated carbocycles. The second-order valence-corrected chi connectivity index (χ2v) is 3.29. The van der Waals surface area contributed by atoms with Crippen LogP contribution >= 0.6 is 0 Å². The third-order valence-corrected chi connectivity index (χ3v) is 2.45. The van der Waals surface area contributed by atoms with E-state index in [-0.39, 0.29) is 0 Å². The summed E-state index contributed by atoms with van der Waals surface area (Å²) < 4.78 is 6.22. The summed E-state index contributed by atoms with van der Waals surface area (Å²) in [5.74, 6) is -0.504. The van der Waals surface area contributed by atoms with Crippen LogP contribution in [0, 0.1) is 0 Å². The Hall–Kier alpha value is -1.49. The normalized spacial score (nSPS) is 16.0. The molecule has 0 spiro atoms. The Morgan fingerprint density at radius 2 is 2.21 bits per heavy atom. The highest BCUT2D eigenvalue weighted by Crippen LogP contribution is 2.20. The van der Waals surface area contributed by atoms with Crippen molar-refractivity contribution in [2.24, 2.45) is 5.73 Å². The van der Waals surface area contributed by atoms with Gasteiger partial charge in [0.05, 0.1) is 30.7 Å². The number of hydrogen-bond donors (Lipinski definition) is 2. The van der Waals surface area contributed by atoms with Crippen LogP contribution in [0.25, 0.3) is 0 Å². The largest absolute Gasteiger partial charge is 0.429 e. The van der Waals surface area contributed by atoms with E-state index in [1.807, 2.05) is 0 Å². The van der Waals surface area contributed by atoms with E-state index in [0.29, 0.717) is 31.6 Å². The minimum atomic E-state index is -0.504. The Morgan fingerprint density at radius 1 is 1.50 bits per heavy atom. The molecule has 5 heteroatoms. The minimum absolute atomic E-state index is 0.396. The molecule has 14 heavy (non-hydrogen) atoms. The van der Waals surface area contributed by atoms with Crippen LogP contribution < -0.4 is 5.73 Å². The second kappa shape index (κ2) is 3.34. The van der Waals surface area contributed by atoms with Crippen LogP contribution in [0.3, 0.4) is 0 Å². The van der Waals surface area contributed by atoms with Gasteiger partial charge in [0.2, 0.25) is 0 Å². The highest BCUT2D eigenvalue weighted by atomic mass is 16.5. The molecular formula is C9H12N2O3. The molecule has 0 aliphatic carbocycles. The zero-order chi connectivity index (χ0) is 10.1. The van der Waals surface area contributed by atoms with Gasteiger partial charge in [-0.25, -0.2) is 0 Å². The van der Waals surface area contributed by atoms with Crippen molar-refractivity contribution in [2.45, 2.75) is 12.8 Å². The van der Waals surface area contributed by atoms with Gasteiger partial charge in [-0.15, -0.1) is 0 Å². The van der Waals surface area contributed by atoms with Gasteiger partial charge in [0.25, 0.3) is 5.91 Å². The molecular weight excluding hydrogens is 184 g/mol. The maximum Gasteiger partial charge on any atom is 0.250 e. The molecule has 0 saturated heterocycles. The van der Waals surface area contributed by atoms with Crippen LogP contribution in [0.4, 0.5) is 0 Å². The Labute approximate surface area is 81.0 Å². The molecule has 0 atom stereocenters. The van der Waals surface area contributed by atoms with Crippen molar-refractivity contribution in [1.82, 2.24) is 4.73 Å². The van der Waals surface area contributed by atoms with E-state index >= 15 is 0 Å². The molecule has 1 aromatic rings. The minimum Gasteiger partial charge on any atom is -0.429 e. The molecule has 5 nitrogen and oxygen atoms in total. The van der Waals surface area contributed by atoms with Gasteiger partial charge in [0.15, 0.2) is 0 Å². The van der Waals surface area contributed by atoms with Crippen LogP contribution in [0.2, 0.25) is 0 Å². The number of carbonyl (C=O) groups excluding carboxylic acids is 1. The molecule has 76 valence electrons. The third kappa shape index (κ3) is 1.35. The molecule has 1 amide bonds. The highest BCUT2D eigenvalue weighted by molar-refractivity contribution is 5.94. The number of fused-ring (bicyclic) bond motifs is 1. The molecule has 0 radical (unpaired) electrons. The average Bonchev–Trinajstić information content (AvgIpc) is 2.38. The smallest absolute Gasteiger partial charge is 0.250 e.